The van der Waals surface area contributed by atoms with Crippen molar-refractivity contribution >= 4 is 26.8 Å². The molecule has 0 bridgehead atoms. The molecular weight excluding hydrogens is 428 g/mol. The largest absolute Gasteiger partial charge is 0.386 e. The van der Waals surface area contributed by atoms with Crippen LogP contribution in [0.3, 0.4) is 0 Å². The third-order valence-corrected chi connectivity index (χ3v) is 6.42. The average molecular weight is 457 g/mol. The molecule has 2 aromatic carbocycles. The van der Waals surface area contributed by atoms with E-state index in [1.54, 1.807) is 7.11 Å². The zero-order valence-electron chi connectivity index (χ0n) is 17.3. The molecule has 3 N–H and O–H groups in total. The molecular formula is C24H29BrN2O2. The lowest BCUT2D eigenvalue weighted by atomic mass is 9.90. The number of halogens is 1. The highest BCUT2D eigenvalue weighted by Gasteiger charge is 2.27. The minimum absolute atomic E-state index is 0.0879. The molecule has 1 aromatic heterocycles. The van der Waals surface area contributed by atoms with Crippen molar-refractivity contribution in [1.29, 1.82) is 0 Å². The van der Waals surface area contributed by atoms with Crippen LogP contribution in [0.1, 0.15) is 61.2 Å². The summed E-state index contributed by atoms with van der Waals surface area (Å²) in [6.45, 7) is 4.22. The molecule has 0 spiro atoms. The number of hydrogen-bond acceptors (Lipinski definition) is 3. The Morgan fingerprint density at radius 2 is 2.00 bits per heavy atom. The van der Waals surface area contributed by atoms with Crippen LogP contribution in [-0.4, -0.2) is 23.8 Å². The second-order valence-electron chi connectivity index (χ2n) is 8.51. The summed E-state index contributed by atoms with van der Waals surface area (Å²) in [6, 6.07) is 15.0. The Morgan fingerprint density at radius 3 is 2.69 bits per heavy atom. The number of benzene rings is 2. The van der Waals surface area contributed by atoms with Crippen molar-refractivity contribution in [2.24, 2.45) is 0 Å². The van der Waals surface area contributed by atoms with Gasteiger partial charge in [0.05, 0.1) is 18.2 Å². The van der Waals surface area contributed by atoms with E-state index in [1.165, 1.54) is 34.1 Å². The van der Waals surface area contributed by atoms with Crippen molar-refractivity contribution in [1.82, 2.24) is 10.3 Å². The van der Waals surface area contributed by atoms with Crippen molar-refractivity contribution in [2.45, 2.75) is 50.8 Å². The van der Waals surface area contributed by atoms with E-state index >= 15 is 0 Å². The fraction of sp³-hybridized carbons (Fsp3) is 0.417. The monoisotopic (exact) mass is 456 g/mol. The lowest BCUT2D eigenvalue weighted by Crippen LogP contribution is -2.32. The molecule has 0 radical (unpaired) electrons. The summed E-state index contributed by atoms with van der Waals surface area (Å²) in [4.78, 5) is 3.66. The summed E-state index contributed by atoms with van der Waals surface area (Å²) < 4.78 is 6.65. The van der Waals surface area contributed by atoms with E-state index in [-0.39, 0.29) is 12.1 Å². The Labute approximate surface area is 180 Å². The van der Waals surface area contributed by atoms with Gasteiger partial charge in [-0.2, -0.15) is 0 Å². The summed E-state index contributed by atoms with van der Waals surface area (Å²) in [7, 11) is 1.74. The maximum Gasteiger partial charge on any atom is 0.0840 e. The maximum atomic E-state index is 10.2. The van der Waals surface area contributed by atoms with Gasteiger partial charge in [-0.25, -0.2) is 0 Å². The molecule has 154 valence electrons. The lowest BCUT2D eigenvalue weighted by Gasteiger charge is -2.29. The van der Waals surface area contributed by atoms with Gasteiger partial charge in [0.1, 0.15) is 0 Å². The van der Waals surface area contributed by atoms with Gasteiger partial charge in [0, 0.05) is 34.2 Å². The summed E-state index contributed by atoms with van der Waals surface area (Å²) in [5.74, 6) is 0. The Morgan fingerprint density at radius 1 is 1.24 bits per heavy atom. The average Bonchev–Trinajstić information content (AvgIpc) is 3.06. The second kappa shape index (κ2) is 8.23. The van der Waals surface area contributed by atoms with Gasteiger partial charge < -0.3 is 14.8 Å². The maximum absolute atomic E-state index is 10.2. The first-order valence-corrected chi connectivity index (χ1v) is 11.0. The standard InChI is InChI=1S/C24H29BrN2O2/c1-24(2,28)16-9-7-15(8-10-16)22(14-29-3)26-21-6-4-5-18-19-13-17(25)11-12-20(19)27-23(18)21/h7-13,21-22,26-28H,4-6,14H2,1-3H3/t21-,22?/m1/s1. The summed E-state index contributed by atoms with van der Waals surface area (Å²) in [6.07, 6.45) is 3.38. The molecule has 3 aromatic rings. The van der Waals surface area contributed by atoms with Crippen LogP contribution in [0.25, 0.3) is 10.9 Å². The van der Waals surface area contributed by atoms with Gasteiger partial charge in [-0.1, -0.05) is 40.2 Å². The minimum Gasteiger partial charge on any atom is -0.386 e. The number of rotatable bonds is 6. The number of fused-ring (bicyclic) bond motifs is 3. The van der Waals surface area contributed by atoms with Gasteiger partial charge in [-0.05, 0) is 68.0 Å². The van der Waals surface area contributed by atoms with Gasteiger partial charge in [0.2, 0.25) is 0 Å². The second-order valence-corrected chi connectivity index (χ2v) is 9.42. The van der Waals surface area contributed by atoms with E-state index in [2.05, 4.69) is 56.6 Å². The number of aromatic nitrogens is 1. The van der Waals surface area contributed by atoms with E-state index in [1.807, 2.05) is 26.0 Å². The number of methoxy groups -OCH3 is 1. The number of ether oxygens (including phenoxy) is 1. The van der Waals surface area contributed by atoms with Crippen LogP contribution in [0.15, 0.2) is 46.9 Å². The van der Waals surface area contributed by atoms with E-state index in [9.17, 15) is 5.11 Å². The molecule has 1 unspecified atom stereocenters. The fourth-order valence-electron chi connectivity index (χ4n) is 4.37. The summed E-state index contributed by atoms with van der Waals surface area (Å²) in [5, 5.41) is 15.4. The van der Waals surface area contributed by atoms with E-state index < -0.39 is 5.60 Å². The van der Waals surface area contributed by atoms with Gasteiger partial charge in [0.25, 0.3) is 0 Å². The smallest absolute Gasteiger partial charge is 0.0840 e. The fourth-order valence-corrected chi connectivity index (χ4v) is 4.74. The third-order valence-electron chi connectivity index (χ3n) is 5.92. The highest BCUT2D eigenvalue weighted by Crippen LogP contribution is 2.37. The number of aromatic amines is 1. The quantitative estimate of drug-likeness (QED) is 0.457. The van der Waals surface area contributed by atoms with Crippen LogP contribution in [0, 0.1) is 0 Å². The molecule has 0 aliphatic heterocycles. The van der Waals surface area contributed by atoms with Crippen molar-refractivity contribution < 1.29 is 9.84 Å². The number of nitrogens with one attached hydrogen (secondary N) is 2. The first-order valence-electron chi connectivity index (χ1n) is 10.2. The first-order chi connectivity index (χ1) is 13.9. The molecule has 1 aliphatic rings. The predicted octanol–water partition coefficient (Wildman–Crippen LogP) is 5.51. The van der Waals surface area contributed by atoms with Gasteiger partial charge in [-0.15, -0.1) is 0 Å². The highest BCUT2D eigenvalue weighted by molar-refractivity contribution is 9.10. The van der Waals surface area contributed by atoms with E-state index in [0.29, 0.717) is 6.61 Å². The molecule has 1 heterocycles. The molecule has 0 saturated carbocycles. The minimum atomic E-state index is -0.834. The highest BCUT2D eigenvalue weighted by atomic mass is 79.9. The molecule has 0 fully saturated rings. The predicted molar refractivity (Wildman–Crippen MR) is 121 cm³/mol. The first kappa shape index (κ1) is 20.6. The van der Waals surface area contributed by atoms with Gasteiger partial charge >= 0.3 is 0 Å². The molecule has 2 atom stereocenters. The molecule has 1 aliphatic carbocycles. The number of hydrogen-bond donors (Lipinski definition) is 3. The van der Waals surface area contributed by atoms with Crippen molar-refractivity contribution in [3.05, 3.63) is 69.3 Å². The van der Waals surface area contributed by atoms with E-state index in [0.717, 1.165) is 22.9 Å². The van der Waals surface area contributed by atoms with Gasteiger partial charge in [0.15, 0.2) is 0 Å². The summed E-state index contributed by atoms with van der Waals surface area (Å²) in [5.41, 5.74) is 5.19. The van der Waals surface area contributed by atoms with Crippen LogP contribution >= 0.6 is 15.9 Å². The Hall–Kier alpha value is -1.66. The lowest BCUT2D eigenvalue weighted by molar-refractivity contribution is 0.0785. The number of aliphatic hydroxyl groups is 1. The van der Waals surface area contributed by atoms with Crippen LogP contribution in [0.2, 0.25) is 0 Å². The molecule has 5 heteroatoms. The van der Waals surface area contributed by atoms with Crippen LogP contribution in [0.5, 0.6) is 0 Å². The topological polar surface area (TPSA) is 57.3 Å². The molecule has 0 amide bonds. The summed E-state index contributed by atoms with van der Waals surface area (Å²) >= 11 is 3.61. The van der Waals surface area contributed by atoms with E-state index in [4.69, 9.17) is 4.74 Å². The van der Waals surface area contributed by atoms with Crippen molar-refractivity contribution in [3.8, 4) is 0 Å². The zero-order valence-corrected chi connectivity index (χ0v) is 18.8. The molecule has 0 saturated heterocycles. The normalized spacial score (nSPS) is 18.0. The van der Waals surface area contributed by atoms with Crippen molar-refractivity contribution in [2.75, 3.05) is 13.7 Å². The zero-order chi connectivity index (χ0) is 20.6. The third kappa shape index (κ3) is 4.29. The van der Waals surface area contributed by atoms with Crippen molar-refractivity contribution in [3.63, 3.8) is 0 Å². The molecule has 4 rings (SSSR count). The Balaban J connectivity index is 1.62. The molecule has 4 nitrogen and oxygen atoms in total. The van der Waals surface area contributed by atoms with Crippen LogP contribution in [0.4, 0.5) is 0 Å². The van der Waals surface area contributed by atoms with Gasteiger partial charge in [-0.3, -0.25) is 5.32 Å². The molecule has 29 heavy (non-hydrogen) atoms. The van der Waals surface area contributed by atoms with Crippen LogP contribution < -0.4 is 5.32 Å². The number of H-pyrrole nitrogens is 1. The van der Waals surface area contributed by atoms with Crippen LogP contribution in [-0.2, 0) is 16.8 Å². The SMILES string of the molecule is COCC(N[C@@H]1CCCc2c1[nH]c1ccc(Br)cc21)c1ccc(C(C)(C)O)cc1. The number of aryl methyl sites for hydroxylation is 1. The Kier molecular flexibility index (Phi) is 5.85. The Bertz CT molecular complexity index is 989.